The van der Waals surface area contributed by atoms with Gasteiger partial charge >= 0.3 is 0 Å². The number of nitrogens with zero attached hydrogens (tertiary/aromatic N) is 2. The molecular formula is C15H18BrF2N3. The molecule has 0 radical (unpaired) electrons. The first kappa shape index (κ1) is 16.1. The molecule has 0 bridgehead atoms. The molecule has 1 aromatic carbocycles. The van der Waals surface area contributed by atoms with Crippen LogP contribution in [-0.4, -0.2) is 9.78 Å². The van der Waals surface area contributed by atoms with E-state index in [9.17, 15) is 8.78 Å². The second kappa shape index (κ2) is 6.23. The SMILES string of the molecule is CCC(N)c1c(C)nn(Cc2c(F)ccc(Br)c2F)c1C. The monoisotopic (exact) mass is 357 g/mol. The largest absolute Gasteiger partial charge is 0.324 e. The molecule has 1 unspecified atom stereocenters. The summed E-state index contributed by atoms with van der Waals surface area (Å²) in [5, 5.41) is 4.37. The van der Waals surface area contributed by atoms with Crippen LogP contribution in [0.5, 0.6) is 0 Å². The second-order valence-corrected chi connectivity index (χ2v) is 5.93. The van der Waals surface area contributed by atoms with Crippen molar-refractivity contribution in [2.24, 2.45) is 5.73 Å². The van der Waals surface area contributed by atoms with Crippen LogP contribution in [0.3, 0.4) is 0 Å². The molecule has 3 nitrogen and oxygen atoms in total. The lowest BCUT2D eigenvalue weighted by atomic mass is 10.0. The first-order valence-electron chi connectivity index (χ1n) is 6.78. The highest BCUT2D eigenvalue weighted by Crippen LogP contribution is 2.26. The molecule has 0 spiro atoms. The van der Waals surface area contributed by atoms with E-state index in [1.165, 1.54) is 12.1 Å². The summed E-state index contributed by atoms with van der Waals surface area (Å²) in [5.41, 5.74) is 8.67. The van der Waals surface area contributed by atoms with E-state index in [0.717, 1.165) is 23.4 Å². The molecule has 0 amide bonds. The molecular weight excluding hydrogens is 340 g/mol. The van der Waals surface area contributed by atoms with Crippen molar-refractivity contribution in [3.63, 3.8) is 0 Å². The molecule has 0 saturated heterocycles. The van der Waals surface area contributed by atoms with Gasteiger partial charge in [-0.05, 0) is 48.3 Å². The highest BCUT2D eigenvalue weighted by Gasteiger charge is 2.19. The van der Waals surface area contributed by atoms with E-state index in [-0.39, 0.29) is 22.6 Å². The van der Waals surface area contributed by atoms with Crippen LogP contribution in [0.1, 0.15) is 41.9 Å². The van der Waals surface area contributed by atoms with Crippen molar-refractivity contribution in [2.75, 3.05) is 0 Å². The minimum absolute atomic E-state index is 0.00778. The Labute approximate surface area is 131 Å². The summed E-state index contributed by atoms with van der Waals surface area (Å²) in [6.45, 7) is 5.77. The number of aromatic nitrogens is 2. The maximum absolute atomic E-state index is 14.1. The summed E-state index contributed by atoms with van der Waals surface area (Å²) in [7, 11) is 0. The Hall–Kier alpha value is -1.27. The molecule has 2 rings (SSSR count). The molecule has 2 aromatic rings. The van der Waals surface area contributed by atoms with Crippen molar-refractivity contribution in [3.8, 4) is 0 Å². The van der Waals surface area contributed by atoms with Gasteiger partial charge in [-0.25, -0.2) is 8.78 Å². The molecule has 1 heterocycles. The average molecular weight is 358 g/mol. The minimum Gasteiger partial charge on any atom is -0.324 e. The maximum atomic E-state index is 14.1. The first-order chi connectivity index (χ1) is 9.86. The Morgan fingerprint density at radius 3 is 2.62 bits per heavy atom. The Kier molecular flexibility index (Phi) is 4.78. The van der Waals surface area contributed by atoms with Gasteiger partial charge in [0.2, 0.25) is 0 Å². The van der Waals surface area contributed by atoms with Crippen molar-refractivity contribution >= 4 is 15.9 Å². The summed E-state index contributed by atoms with van der Waals surface area (Å²) in [6.07, 6.45) is 0.785. The number of hydrogen-bond donors (Lipinski definition) is 1. The summed E-state index contributed by atoms with van der Waals surface area (Å²) in [4.78, 5) is 0. The van der Waals surface area contributed by atoms with Gasteiger partial charge in [-0.15, -0.1) is 0 Å². The molecule has 114 valence electrons. The van der Waals surface area contributed by atoms with Crippen molar-refractivity contribution in [3.05, 3.63) is 50.8 Å². The Morgan fingerprint density at radius 2 is 2.00 bits per heavy atom. The summed E-state index contributed by atoms with van der Waals surface area (Å²) in [5.74, 6) is -1.17. The topological polar surface area (TPSA) is 43.8 Å². The summed E-state index contributed by atoms with van der Waals surface area (Å²) < 4.78 is 29.8. The molecule has 0 aliphatic rings. The van der Waals surface area contributed by atoms with Crippen LogP contribution in [0.4, 0.5) is 8.78 Å². The van der Waals surface area contributed by atoms with Crippen molar-refractivity contribution in [2.45, 2.75) is 39.8 Å². The van der Waals surface area contributed by atoms with E-state index in [2.05, 4.69) is 21.0 Å². The van der Waals surface area contributed by atoms with E-state index in [1.807, 2.05) is 20.8 Å². The maximum Gasteiger partial charge on any atom is 0.145 e. The third-order valence-corrected chi connectivity index (χ3v) is 4.31. The third-order valence-electron chi connectivity index (χ3n) is 3.69. The number of aryl methyl sites for hydroxylation is 1. The lowest BCUT2D eigenvalue weighted by Gasteiger charge is -2.11. The summed E-state index contributed by atoms with van der Waals surface area (Å²) in [6, 6.07) is 2.48. The Balaban J connectivity index is 2.44. The van der Waals surface area contributed by atoms with E-state index >= 15 is 0 Å². The molecule has 1 aromatic heterocycles. The van der Waals surface area contributed by atoms with Gasteiger partial charge in [0.25, 0.3) is 0 Å². The molecule has 0 fully saturated rings. The van der Waals surface area contributed by atoms with Crippen LogP contribution in [0.15, 0.2) is 16.6 Å². The fraction of sp³-hybridized carbons (Fsp3) is 0.400. The zero-order valence-electron chi connectivity index (χ0n) is 12.3. The molecule has 0 saturated carbocycles. The third kappa shape index (κ3) is 3.01. The zero-order chi connectivity index (χ0) is 15.7. The molecule has 0 aliphatic heterocycles. The van der Waals surface area contributed by atoms with Crippen LogP contribution in [-0.2, 0) is 6.54 Å². The quantitative estimate of drug-likeness (QED) is 0.840. The van der Waals surface area contributed by atoms with Crippen molar-refractivity contribution in [1.82, 2.24) is 9.78 Å². The van der Waals surface area contributed by atoms with Crippen LogP contribution in [0.25, 0.3) is 0 Å². The molecule has 21 heavy (non-hydrogen) atoms. The van der Waals surface area contributed by atoms with E-state index in [0.29, 0.717) is 0 Å². The number of benzene rings is 1. The highest BCUT2D eigenvalue weighted by atomic mass is 79.9. The predicted molar refractivity (Wildman–Crippen MR) is 82.1 cm³/mol. The summed E-state index contributed by atoms with van der Waals surface area (Å²) >= 11 is 3.07. The van der Waals surface area contributed by atoms with E-state index in [4.69, 9.17) is 5.73 Å². The number of nitrogens with two attached hydrogens (primary N) is 1. The van der Waals surface area contributed by atoms with Crippen LogP contribution < -0.4 is 5.73 Å². The van der Waals surface area contributed by atoms with Gasteiger partial charge in [0, 0.05) is 22.9 Å². The smallest absolute Gasteiger partial charge is 0.145 e. The fourth-order valence-corrected chi connectivity index (χ4v) is 2.84. The van der Waals surface area contributed by atoms with Gasteiger partial charge < -0.3 is 5.73 Å². The first-order valence-corrected chi connectivity index (χ1v) is 7.57. The van der Waals surface area contributed by atoms with Gasteiger partial charge in [0.15, 0.2) is 0 Å². The highest BCUT2D eigenvalue weighted by molar-refractivity contribution is 9.10. The second-order valence-electron chi connectivity index (χ2n) is 5.08. The minimum atomic E-state index is -0.594. The van der Waals surface area contributed by atoms with Crippen molar-refractivity contribution < 1.29 is 8.78 Å². The zero-order valence-corrected chi connectivity index (χ0v) is 13.8. The average Bonchev–Trinajstić information content (AvgIpc) is 2.73. The van der Waals surface area contributed by atoms with Gasteiger partial charge in [-0.2, -0.15) is 5.10 Å². The molecule has 1 atom stereocenters. The van der Waals surface area contributed by atoms with E-state index < -0.39 is 11.6 Å². The standard InChI is InChI=1S/C15H18BrF2N3/c1-4-13(19)14-8(2)20-21(9(14)3)7-10-12(17)6-5-11(16)15(10)18/h5-6,13H,4,7,19H2,1-3H3. The normalized spacial score (nSPS) is 12.7. The van der Waals surface area contributed by atoms with Gasteiger partial charge in [0.05, 0.1) is 16.7 Å². The molecule has 6 heteroatoms. The van der Waals surface area contributed by atoms with Crippen molar-refractivity contribution in [1.29, 1.82) is 0 Å². The van der Waals surface area contributed by atoms with Gasteiger partial charge in [-0.3, -0.25) is 4.68 Å². The molecule has 0 aliphatic carbocycles. The Bertz CT molecular complexity index is 667. The Morgan fingerprint density at radius 1 is 1.33 bits per heavy atom. The van der Waals surface area contributed by atoms with Gasteiger partial charge in [0.1, 0.15) is 11.6 Å². The fourth-order valence-electron chi connectivity index (χ4n) is 2.47. The number of halogens is 3. The number of hydrogen-bond acceptors (Lipinski definition) is 2. The van der Waals surface area contributed by atoms with Crippen LogP contribution >= 0.6 is 15.9 Å². The lowest BCUT2D eigenvalue weighted by Crippen LogP contribution is -2.12. The lowest BCUT2D eigenvalue weighted by molar-refractivity contribution is 0.524. The van der Waals surface area contributed by atoms with E-state index in [1.54, 1.807) is 4.68 Å². The van der Waals surface area contributed by atoms with Crippen LogP contribution in [0.2, 0.25) is 0 Å². The van der Waals surface area contributed by atoms with Gasteiger partial charge in [-0.1, -0.05) is 6.92 Å². The van der Waals surface area contributed by atoms with Crippen LogP contribution in [0, 0.1) is 25.5 Å². The number of rotatable bonds is 4. The predicted octanol–water partition coefficient (Wildman–Crippen LogP) is 4.00. The molecule has 2 N–H and O–H groups in total.